The van der Waals surface area contributed by atoms with Crippen molar-refractivity contribution in [1.82, 2.24) is 4.57 Å². The fraction of sp³-hybridized carbons (Fsp3) is 0. The van der Waals surface area contributed by atoms with E-state index in [2.05, 4.69) is 191 Å². The summed E-state index contributed by atoms with van der Waals surface area (Å²) >= 11 is 0. The van der Waals surface area contributed by atoms with Crippen molar-refractivity contribution in [3.8, 4) is 16.8 Å². The number of benzene rings is 8. The fourth-order valence-electron chi connectivity index (χ4n) is 7.10. The summed E-state index contributed by atoms with van der Waals surface area (Å²) in [4.78, 5) is 2.38. The molecule has 0 fully saturated rings. The maximum atomic E-state index is 2.45. The van der Waals surface area contributed by atoms with Crippen LogP contribution < -0.4 is 4.90 Å². The molecule has 0 unspecified atom stereocenters. The molecule has 9 rings (SSSR count). The van der Waals surface area contributed by atoms with E-state index < -0.39 is 0 Å². The highest BCUT2D eigenvalue weighted by Crippen LogP contribution is 2.43. The molecule has 0 saturated heterocycles. The zero-order chi connectivity index (χ0) is 30.5. The summed E-state index contributed by atoms with van der Waals surface area (Å²) in [6, 6.07) is 65.6. The van der Waals surface area contributed by atoms with Gasteiger partial charge in [-0.1, -0.05) is 133 Å². The number of nitrogens with zero attached hydrogens (tertiary/aromatic N) is 2. The topological polar surface area (TPSA) is 8.17 Å². The normalized spacial score (nSPS) is 11.5. The highest BCUT2D eigenvalue weighted by molar-refractivity contribution is 6.22. The highest BCUT2D eigenvalue weighted by Gasteiger charge is 2.19. The van der Waals surface area contributed by atoms with E-state index in [-0.39, 0.29) is 0 Å². The van der Waals surface area contributed by atoms with Crippen LogP contribution in [0.15, 0.2) is 182 Å². The van der Waals surface area contributed by atoms with Crippen molar-refractivity contribution >= 4 is 60.4 Å². The first-order valence-corrected chi connectivity index (χ1v) is 15.8. The highest BCUT2D eigenvalue weighted by atomic mass is 15.1. The lowest BCUT2D eigenvalue weighted by Crippen LogP contribution is -2.10. The Morgan fingerprint density at radius 1 is 0.348 bits per heavy atom. The Morgan fingerprint density at radius 3 is 1.78 bits per heavy atom. The van der Waals surface area contributed by atoms with Crippen molar-refractivity contribution < 1.29 is 0 Å². The number of aromatic nitrogens is 1. The van der Waals surface area contributed by atoms with Gasteiger partial charge in [0.25, 0.3) is 0 Å². The van der Waals surface area contributed by atoms with E-state index >= 15 is 0 Å². The molecule has 0 N–H and O–H groups in total. The van der Waals surface area contributed by atoms with E-state index in [0.29, 0.717) is 0 Å². The Kier molecular flexibility index (Phi) is 6.17. The second-order valence-electron chi connectivity index (χ2n) is 11.8. The largest absolute Gasteiger partial charge is 0.310 e. The number of rotatable bonds is 5. The van der Waals surface area contributed by atoms with Crippen molar-refractivity contribution in [2.45, 2.75) is 0 Å². The summed E-state index contributed by atoms with van der Waals surface area (Å²) in [6.45, 7) is 0. The van der Waals surface area contributed by atoms with Crippen LogP contribution in [0.3, 0.4) is 0 Å². The predicted octanol–water partition coefficient (Wildman–Crippen LogP) is 12.2. The summed E-state index contributed by atoms with van der Waals surface area (Å²) in [5.74, 6) is 0. The van der Waals surface area contributed by atoms with E-state index in [1.165, 1.54) is 60.2 Å². The van der Waals surface area contributed by atoms with E-state index in [4.69, 9.17) is 0 Å². The second kappa shape index (κ2) is 10.8. The van der Waals surface area contributed by atoms with Gasteiger partial charge in [-0.3, -0.25) is 0 Å². The smallest absolute Gasteiger partial charge is 0.0547 e. The zero-order valence-corrected chi connectivity index (χ0v) is 25.2. The molecule has 0 amide bonds. The molecule has 0 aliphatic carbocycles. The summed E-state index contributed by atoms with van der Waals surface area (Å²) in [5, 5.41) is 7.51. The number of hydrogen-bond donors (Lipinski definition) is 0. The Hall–Kier alpha value is -6.12. The Labute approximate surface area is 268 Å². The fourth-order valence-corrected chi connectivity index (χ4v) is 7.10. The van der Waals surface area contributed by atoms with Crippen LogP contribution in [0.2, 0.25) is 0 Å². The maximum Gasteiger partial charge on any atom is 0.0547 e. The molecule has 1 heterocycles. The number of fused-ring (bicyclic) bond motifs is 6. The van der Waals surface area contributed by atoms with Crippen LogP contribution in [-0.4, -0.2) is 4.57 Å². The van der Waals surface area contributed by atoms with Crippen LogP contribution in [0.25, 0.3) is 60.2 Å². The van der Waals surface area contributed by atoms with E-state index in [9.17, 15) is 0 Å². The average Bonchev–Trinajstić information content (AvgIpc) is 3.47. The first-order chi connectivity index (χ1) is 22.8. The molecule has 2 nitrogen and oxygen atoms in total. The van der Waals surface area contributed by atoms with Crippen LogP contribution in [0.5, 0.6) is 0 Å². The van der Waals surface area contributed by atoms with Crippen molar-refractivity contribution in [3.05, 3.63) is 182 Å². The van der Waals surface area contributed by atoms with Crippen LogP contribution >= 0.6 is 0 Å². The molecule has 46 heavy (non-hydrogen) atoms. The van der Waals surface area contributed by atoms with Gasteiger partial charge in [0.15, 0.2) is 0 Å². The van der Waals surface area contributed by atoms with Crippen molar-refractivity contribution in [2.24, 2.45) is 0 Å². The van der Waals surface area contributed by atoms with Gasteiger partial charge in [-0.25, -0.2) is 0 Å². The zero-order valence-electron chi connectivity index (χ0n) is 25.2. The molecule has 216 valence electrons. The third-order valence-electron chi connectivity index (χ3n) is 9.17. The Bertz CT molecular complexity index is 2510. The standard InChI is InChI=1S/C44H30N2/c1-3-13-31(14-4-1)32-25-28-35(29-26-32)45(34-16-5-2-6-17-34)40-23-11-21-38-37(40)20-12-24-41(38)46-42-22-10-9-19-39(42)44-36-18-8-7-15-33(36)27-30-43(44)46/h1-30H. The van der Waals surface area contributed by atoms with Gasteiger partial charge in [0, 0.05) is 32.9 Å². The van der Waals surface area contributed by atoms with Gasteiger partial charge >= 0.3 is 0 Å². The van der Waals surface area contributed by atoms with Gasteiger partial charge in [0.05, 0.1) is 22.4 Å². The summed E-state index contributed by atoms with van der Waals surface area (Å²) < 4.78 is 2.45. The molecule has 8 aromatic carbocycles. The van der Waals surface area contributed by atoms with E-state index in [0.717, 1.165) is 17.1 Å². The molecule has 0 atom stereocenters. The number of hydrogen-bond acceptors (Lipinski definition) is 1. The third-order valence-corrected chi connectivity index (χ3v) is 9.17. The quantitative estimate of drug-likeness (QED) is 0.195. The monoisotopic (exact) mass is 586 g/mol. The van der Waals surface area contributed by atoms with Gasteiger partial charge in [-0.05, 0) is 70.4 Å². The van der Waals surface area contributed by atoms with E-state index in [1.54, 1.807) is 0 Å². The average molecular weight is 587 g/mol. The van der Waals surface area contributed by atoms with Crippen molar-refractivity contribution in [1.29, 1.82) is 0 Å². The van der Waals surface area contributed by atoms with Crippen molar-refractivity contribution in [2.75, 3.05) is 4.90 Å². The first kappa shape index (κ1) is 26.3. The SMILES string of the molecule is c1ccc(-c2ccc(N(c3ccccc3)c3cccc4c(-n5c6ccccc6c6c7ccccc7ccc65)cccc34)cc2)cc1. The molecule has 0 aliphatic rings. The summed E-state index contributed by atoms with van der Waals surface area (Å²) in [6.07, 6.45) is 0. The molecule has 0 bridgehead atoms. The Balaban J connectivity index is 1.28. The minimum absolute atomic E-state index is 1.12. The molecule has 0 aliphatic heterocycles. The predicted molar refractivity (Wildman–Crippen MR) is 196 cm³/mol. The van der Waals surface area contributed by atoms with Gasteiger partial charge < -0.3 is 9.47 Å². The van der Waals surface area contributed by atoms with Gasteiger partial charge in [0.1, 0.15) is 0 Å². The summed E-state index contributed by atoms with van der Waals surface area (Å²) in [7, 11) is 0. The minimum atomic E-state index is 1.12. The summed E-state index contributed by atoms with van der Waals surface area (Å²) in [5.41, 5.74) is 9.41. The van der Waals surface area contributed by atoms with Crippen LogP contribution in [0, 0.1) is 0 Å². The molecule has 2 heteroatoms. The molecule has 1 aromatic heterocycles. The van der Waals surface area contributed by atoms with E-state index in [1.807, 2.05) is 0 Å². The lowest BCUT2D eigenvalue weighted by molar-refractivity contribution is 1.20. The van der Waals surface area contributed by atoms with Gasteiger partial charge in [-0.15, -0.1) is 0 Å². The lowest BCUT2D eigenvalue weighted by atomic mass is 10.0. The molecule has 0 spiro atoms. The number of para-hydroxylation sites is 2. The second-order valence-corrected chi connectivity index (χ2v) is 11.8. The van der Waals surface area contributed by atoms with Crippen LogP contribution in [0.1, 0.15) is 0 Å². The van der Waals surface area contributed by atoms with Crippen LogP contribution in [0.4, 0.5) is 17.1 Å². The minimum Gasteiger partial charge on any atom is -0.310 e. The maximum absolute atomic E-state index is 2.45. The van der Waals surface area contributed by atoms with Crippen LogP contribution in [-0.2, 0) is 0 Å². The first-order valence-electron chi connectivity index (χ1n) is 15.8. The molecular formula is C44H30N2. The molecular weight excluding hydrogens is 556 g/mol. The number of anilines is 3. The molecule has 0 saturated carbocycles. The Morgan fingerprint density at radius 2 is 0.957 bits per heavy atom. The van der Waals surface area contributed by atoms with Gasteiger partial charge in [0.2, 0.25) is 0 Å². The lowest BCUT2D eigenvalue weighted by Gasteiger charge is -2.27. The van der Waals surface area contributed by atoms with Gasteiger partial charge in [-0.2, -0.15) is 0 Å². The molecule has 9 aromatic rings. The molecule has 0 radical (unpaired) electrons. The third kappa shape index (κ3) is 4.19. The van der Waals surface area contributed by atoms with Crippen molar-refractivity contribution in [3.63, 3.8) is 0 Å².